The minimum absolute atomic E-state index is 0.800. The first-order valence-corrected chi connectivity index (χ1v) is 7.77. The van der Waals surface area contributed by atoms with Crippen molar-refractivity contribution in [2.75, 3.05) is 7.11 Å². The molecule has 90 valence electrons. The number of hydrogen-bond donors (Lipinski definition) is 1. The highest BCUT2D eigenvalue weighted by Gasteiger charge is 2.14. The van der Waals surface area contributed by atoms with E-state index in [-0.39, 0.29) is 0 Å². The summed E-state index contributed by atoms with van der Waals surface area (Å²) in [6.45, 7) is 0. The molecule has 0 fully saturated rings. The molecule has 0 aliphatic carbocycles. The van der Waals surface area contributed by atoms with Crippen LogP contribution in [0.25, 0.3) is 11.3 Å². The quantitative estimate of drug-likeness (QED) is 0.573. The number of halogens is 4. The summed E-state index contributed by atoms with van der Waals surface area (Å²) in [7, 11) is 1.66. The van der Waals surface area contributed by atoms with Crippen LogP contribution in [0.15, 0.2) is 36.2 Å². The van der Waals surface area contributed by atoms with Gasteiger partial charge in [0, 0.05) is 10.0 Å². The number of aromatic amines is 1. The van der Waals surface area contributed by atoms with Crippen molar-refractivity contribution in [3.63, 3.8) is 0 Å². The first kappa shape index (κ1) is 13.6. The Hall–Kier alpha value is 0.220. The van der Waals surface area contributed by atoms with Gasteiger partial charge in [-0.1, -0.05) is 15.9 Å². The lowest BCUT2D eigenvalue weighted by molar-refractivity contribution is 0.413. The van der Waals surface area contributed by atoms with Crippen LogP contribution in [0.4, 0.5) is 0 Å². The number of benzene rings is 1. The van der Waals surface area contributed by atoms with Crippen LogP contribution in [0.1, 0.15) is 0 Å². The molecule has 2 rings (SSSR count). The molecule has 0 saturated heterocycles. The van der Waals surface area contributed by atoms with Gasteiger partial charge in [-0.2, -0.15) is 0 Å². The molecule has 0 amide bonds. The van der Waals surface area contributed by atoms with Gasteiger partial charge in [0.2, 0.25) is 0 Å². The Labute approximate surface area is 133 Å². The minimum Gasteiger partial charge on any atom is -0.495 e. The van der Waals surface area contributed by atoms with E-state index in [0.29, 0.717) is 0 Å². The van der Waals surface area contributed by atoms with Crippen molar-refractivity contribution in [3.8, 4) is 17.0 Å². The molecule has 0 radical (unpaired) electrons. The fourth-order valence-corrected chi connectivity index (χ4v) is 3.56. The predicted molar refractivity (Wildman–Crippen MR) is 83.6 cm³/mol. The van der Waals surface area contributed by atoms with Crippen LogP contribution in [0.2, 0.25) is 0 Å². The summed E-state index contributed by atoms with van der Waals surface area (Å²) in [6, 6.07) is 5.96. The van der Waals surface area contributed by atoms with E-state index in [9.17, 15) is 0 Å². The molecule has 17 heavy (non-hydrogen) atoms. The van der Waals surface area contributed by atoms with Gasteiger partial charge in [-0.05, 0) is 66.0 Å². The van der Waals surface area contributed by atoms with Crippen molar-refractivity contribution in [2.45, 2.75) is 0 Å². The zero-order valence-corrected chi connectivity index (χ0v) is 15.0. The van der Waals surface area contributed by atoms with Crippen LogP contribution < -0.4 is 4.74 Å². The second kappa shape index (κ2) is 5.47. The molecule has 2 aromatic rings. The summed E-state index contributed by atoms with van der Waals surface area (Å²) in [5.74, 6) is 0.800. The van der Waals surface area contributed by atoms with Crippen LogP contribution in [-0.2, 0) is 0 Å². The molecule has 6 heteroatoms. The van der Waals surface area contributed by atoms with Gasteiger partial charge >= 0.3 is 0 Å². The van der Waals surface area contributed by atoms with E-state index in [1.54, 1.807) is 7.11 Å². The summed E-state index contributed by atoms with van der Waals surface area (Å²) in [5, 5.41) is 0. The van der Waals surface area contributed by atoms with Gasteiger partial charge in [-0.3, -0.25) is 0 Å². The van der Waals surface area contributed by atoms with Gasteiger partial charge in [-0.25, -0.2) is 0 Å². The Bertz CT molecular complexity index is 545. The van der Waals surface area contributed by atoms with Gasteiger partial charge in [-0.15, -0.1) is 0 Å². The van der Waals surface area contributed by atoms with Crippen molar-refractivity contribution >= 4 is 63.7 Å². The fourth-order valence-electron chi connectivity index (χ4n) is 1.52. The lowest BCUT2D eigenvalue weighted by Crippen LogP contribution is -1.90. The summed E-state index contributed by atoms with van der Waals surface area (Å²) < 4.78 is 9.20. The van der Waals surface area contributed by atoms with Gasteiger partial charge in [0.25, 0.3) is 0 Å². The topological polar surface area (TPSA) is 25.0 Å². The van der Waals surface area contributed by atoms with E-state index in [2.05, 4.69) is 68.7 Å². The molecule has 0 saturated carbocycles. The zero-order chi connectivity index (χ0) is 12.6. The molecule has 0 bridgehead atoms. The number of hydrogen-bond acceptors (Lipinski definition) is 1. The van der Waals surface area contributed by atoms with E-state index in [4.69, 9.17) is 4.74 Å². The predicted octanol–water partition coefficient (Wildman–Crippen LogP) is 5.74. The molecular formula is C11H7Br4NO. The fraction of sp³-hybridized carbons (Fsp3) is 0.0909. The Morgan fingerprint density at radius 3 is 2.24 bits per heavy atom. The van der Waals surface area contributed by atoms with Crippen molar-refractivity contribution in [2.24, 2.45) is 0 Å². The Balaban J connectivity index is 2.65. The molecule has 0 aliphatic heterocycles. The van der Waals surface area contributed by atoms with Gasteiger partial charge in [0.05, 0.1) is 26.4 Å². The van der Waals surface area contributed by atoms with E-state index >= 15 is 0 Å². The third-order valence-electron chi connectivity index (χ3n) is 2.23. The summed E-state index contributed by atoms with van der Waals surface area (Å²) >= 11 is 13.8. The standard InChI is InChI=1S/C11H7Br4NO/c1-17-10-6(2-5(12)3-7(10)13)9-4-8(14)11(15)16-9/h2-4,16H,1H3. The average molecular weight is 489 g/mol. The van der Waals surface area contributed by atoms with Crippen molar-refractivity contribution < 1.29 is 4.74 Å². The Kier molecular flexibility index (Phi) is 4.39. The number of ether oxygens (including phenoxy) is 1. The van der Waals surface area contributed by atoms with Gasteiger partial charge in [0.15, 0.2) is 0 Å². The minimum atomic E-state index is 0.800. The maximum Gasteiger partial charge on any atom is 0.142 e. The summed E-state index contributed by atoms with van der Waals surface area (Å²) in [5.41, 5.74) is 1.96. The van der Waals surface area contributed by atoms with Crippen LogP contribution in [-0.4, -0.2) is 12.1 Å². The second-order valence-electron chi connectivity index (χ2n) is 3.31. The van der Waals surface area contributed by atoms with Crippen molar-refractivity contribution in [1.82, 2.24) is 4.98 Å². The average Bonchev–Trinajstić information content (AvgIpc) is 2.58. The zero-order valence-electron chi connectivity index (χ0n) is 8.65. The van der Waals surface area contributed by atoms with Gasteiger partial charge in [0.1, 0.15) is 5.75 Å². The summed E-state index contributed by atoms with van der Waals surface area (Å²) in [4.78, 5) is 3.24. The van der Waals surface area contributed by atoms with E-state index in [1.165, 1.54) is 0 Å². The second-order valence-corrected chi connectivity index (χ2v) is 6.73. The molecular weight excluding hydrogens is 482 g/mol. The lowest BCUT2D eigenvalue weighted by atomic mass is 10.1. The smallest absolute Gasteiger partial charge is 0.142 e. The van der Waals surface area contributed by atoms with Crippen LogP contribution in [0.3, 0.4) is 0 Å². The monoisotopic (exact) mass is 485 g/mol. The molecule has 0 unspecified atom stereocenters. The number of methoxy groups -OCH3 is 1. The molecule has 0 spiro atoms. The molecule has 0 atom stereocenters. The third kappa shape index (κ3) is 2.80. The molecule has 0 aliphatic rings. The third-order valence-corrected chi connectivity index (χ3v) is 5.06. The summed E-state index contributed by atoms with van der Waals surface area (Å²) in [6.07, 6.45) is 0. The van der Waals surface area contributed by atoms with Crippen LogP contribution >= 0.6 is 63.7 Å². The SMILES string of the molecule is COc1c(Br)cc(Br)cc1-c1cc(Br)c(Br)[nH]1. The molecule has 1 aromatic heterocycles. The van der Waals surface area contributed by atoms with Crippen molar-refractivity contribution in [3.05, 3.63) is 36.2 Å². The van der Waals surface area contributed by atoms with E-state index in [0.717, 1.165) is 35.0 Å². The molecule has 2 nitrogen and oxygen atoms in total. The maximum absolute atomic E-state index is 5.42. The molecule has 1 N–H and O–H groups in total. The van der Waals surface area contributed by atoms with Crippen LogP contribution in [0.5, 0.6) is 5.75 Å². The highest BCUT2D eigenvalue weighted by atomic mass is 79.9. The largest absolute Gasteiger partial charge is 0.495 e. The highest BCUT2D eigenvalue weighted by Crippen LogP contribution is 2.40. The Morgan fingerprint density at radius 1 is 1.00 bits per heavy atom. The molecule has 1 heterocycles. The molecule has 1 aromatic carbocycles. The maximum atomic E-state index is 5.42. The number of rotatable bonds is 2. The number of nitrogens with one attached hydrogen (secondary N) is 1. The normalized spacial score (nSPS) is 10.6. The lowest BCUT2D eigenvalue weighted by Gasteiger charge is -2.10. The van der Waals surface area contributed by atoms with E-state index < -0.39 is 0 Å². The number of H-pyrrole nitrogens is 1. The van der Waals surface area contributed by atoms with E-state index in [1.807, 2.05) is 18.2 Å². The van der Waals surface area contributed by atoms with Crippen LogP contribution in [0, 0.1) is 0 Å². The first-order valence-electron chi connectivity index (χ1n) is 4.60. The highest BCUT2D eigenvalue weighted by molar-refractivity contribution is 9.13. The number of aromatic nitrogens is 1. The Morgan fingerprint density at radius 2 is 1.71 bits per heavy atom. The van der Waals surface area contributed by atoms with Crippen molar-refractivity contribution in [1.29, 1.82) is 0 Å². The first-order chi connectivity index (χ1) is 8.02. The van der Waals surface area contributed by atoms with Gasteiger partial charge < -0.3 is 9.72 Å².